The predicted octanol–water partition coefficient (Wildman–Crippen LogP) is 4.07. The molecule has 6 heteroatoms. The number of rotatable bonds is 7. The van der Waals surface area contributed by atoms with Crippen molar-refractivity contribution >= 4 is 21.8 Å². The van der Waals surface area contributed by atoms with Crippen LogP contribution in [-0.4, -0.2) is 31.3 Å². The molecule has 1 aromatic rings. The summed E-state index contributed by atoms with van der Waals surface area (Å²) in [6, 6.07) is 4.10. The summed E-state index contributed by atoms with van der Waals surface area (Å²) in [6.45, 7) is 4.85. The maximum atomic E-state index is 13.1. The molecule has 3 atom stereocenters. The van der Waals surface area contributed by atoms with Gasteiger partial charge in [-0.1, -0.05) is 19.8 Å². The lowest BCUT2D eigenvalue weighted by atomic mass is 9.88. The number of hydrogen-bond acceptors (Lipinski definition) is 3. The van der Waals surface area contributed by atoms with E-state index in [1.807, 2.05) is 0 Å². The van der Waals surface area contributed by atoms with Crippen LogP contribution in [0.4, 0.5) is 4.39 Å². The lowest BCUT2D eigenvalue weighted by Gasteiger charge is -2.28. The van der Waals surface area contributed by atoms with E-state index in [1.165, 1.54) is 37.5 Å². The summed E-state index contributed by atoms with van der Waals surface area (Å²) in [5, 5.41) is 2.81. The summed E-state index contributed by atoms with van der Waals surface area (Å²) in [6.07, 6.45) is 4.46. The molecule has 1 aliphatic carbocycles. The van der Waals surface area contributed by atoms with Crippen LogP contribution in [0.3, 0.4) is 0 Å². The van der Waals surface area contributed by atoms with E-state index >= 15 is 0 Å². The van der Waals surface area contributed by atoms with Crippen molar-refractivity contribution in [1.82, 2.24) is 5.32 Å². The predicted molar refractivity (Wildman–Crippen MR) is 94.6 cm³/mol. The first kappa shape index (κ1) is 19.2. The van der Waals surface area contributed by atoms with Crippen LogP contribution in [0.2, 0.25) is 0 Å². The Morgan fingerprint density at radius 1 is 1.42 bits per heavy atom. The Hall–Kier alpha value is -1.14. The number of carbonyl (C=O) groups is 1. The van der Waals surface area contributed by atoms with E-state index < -0.39 is 6.10 Å². The van der Waals surface area contributed by atoms with Gasteiger partial charge >= 0.3 is 0 Å². The van der Waals surface area contributed by atoms with Gasteiger partial charge in [0, 0.05) is 6.54 Å². The molecule has 1 aliphatic rings. The molecule has 1 amide bonds. The minimum absolute atomic E-state index is 0.216. The molecule has 1 fully saturated rings. The van der Waals surface area contributed by atoms with Crippen molar-refractivity contribution in [2.75, 3.05) is 13.2 Å². The summed E-state index contributed by atoms with van der Waals surface area (Å²) in [5.41, 5.74) is 0. The van der Waals surface area contributed by atoms with E-state index in [2.05, 4.69) is 28.2 Å². The smallest absolute Gasteiger partial charge is 0.260 e. The van der Waals surface area contributed by atoms with Gasteiger partial charge in [-0.05, 0) is 59.8 Å². The van der Waals surface area contributed by atoms with Gasteiger partial charge in [0.15, 0.2) is 6.10 Å². The van der Waals surface area contributed by atoms with Crippen molar-refractivity contribution in [3.8, 4) is 5.75 Å². The van der Waals surface area contributed by atoms with Gasteiger partial charge in [-0.15, -0.1) is 0 Å². The highest BCUT2D eigenvalue weighted by Gasteiger charge is 2.22. The van der Waals surface area contributed by atoms with Gasteiger partial charge in [-0.25, -0.2) is 4.39 Å². The molecular weight excluding hydrogens is 377 g/mol. The Labute approximate surface area is 151 Å². The van der Waals surface area contributed by atoms with Crippen LogP contribution in [0.25, 0.3) is 0 Å². The van der Waals surface area contributed by atoms with Crippen molar-refractivity contribution in [1.29, 1.82) is 0 Å². The third-order valence-corrected chi connectivity index (χ3v) is 4.95. The molecule has 134 valence electrons. The van der Waals surface area contributed by atoms with E-state index in [-0.39, 0.29) is 11.7 Å². The summed E-state index contributed by atoms with van der Waals surface area (Å²) >= 11 is 3.22. The Morgan fingerprint density at radius 3 is 2.88 bits per heavy atom. The summed E-state index contributed by atoms with van der Waals surface area (Å²) in [7, 11) is 0. The Bertz CT molecular complexity index is 555. The van der Waals surface area contributed by atoms with E-state index in [9.17, 15) is 9.18 Å². The topological polar surface area (TPSA) is 47.6 Å². The Morgan fingerprint density at radius 2 is 2.17 bits per heavy atom. The number of carbonyl (C=O) groups excluding carboxylic acids is 1. The number of ether oxygens (including phenoxy) is 2. The van der Waals surface area contributed by atoms with Gasteiger partial charge in [0.05, 0.1) is 17.2 Å². The largest absolute Gasteiger partial charge is 0.480 e. The van der Waals surface area contributed by atoms with Crippen molar-refractivity contribution < 1.29 is 18.7 Å². The second-order valence-electron chi connectivity index (χ2n) is 6.30. The van der Waals surface area contributed by atoms with Gasteiger partial charge in [-0.3, -0.25) is 4.79 Å². The highest BCUT2D eigenvalue weighted by atomic mass is 79.9. The maximum Gasteiger partial charge on any atom is 0.260 e. The zero-order valence-electron chi connectivity index (χ0n) is 14.2. The van der Waals surface area contributed by atoms with Crippen LogP contribution in [0, 0.1) is 11.7 Å². The summed E-state index contributed by atoms with van der Waals surface area (Å²) < 4.78 is 25.0. The monoisotopic (exact) mass is 401 g/mol. The molecule has 24 heavy (non-hydrogen) atoms. The third kappa shape index (κ3) is 5.74. The van der Waals surface area contributed by atoms with Gasteiger partial charge in [0.1, 0.15) is 11.6 Å². The Kier molecular flexibility index (Phi) is 7.49. The van der Waals surface area contributed by atoms with Crippen molar-refractivity contribution in [2.45, 2.75) is 51.7 Å². The highest BCUT2D eigenvalue weighted by molar-refractivity contribution is 9.10. The molecule has 4 nitrogen and oxygen atoms in total. The molecule has 0 heterocycles. The number of benzene rings is 1. The van der Waals surface area contributed by atoms with Crippen LogP contribution >= 0.6 is 15.9 Å². The van der Waals surface area contributed by atoms with Crippen molar-refractivity contribution in [3.63, 3.8) is 0 Å². The lowest BCUT2D eigenvalue weighted by Crippen LogP contribution is -2.39. The third-order valence-electron chi connectivity index (χ3n) is 4.33. The standard InChI is InChI=1S/C18H25BrFNO3/c1-12-5-3-4-6-16(12)23-10-9-21-18(22)13(2)24-17-8-7-14(20)11-15(17)19/h7-8,11-13,16H,3-6,9-10H2,1-2H3,(H,21,22). The van der Waals surface area contributed by atoms with Crippen LogP contribution in [0.1, 0.15) is 39.5 Å². The number of nitrogens with one attached hydrogen (secondary N) is 1. The molecular formula is C18H25BrFNO3. The second kappa shape index (κ2) is 9.37. The molecule has 3 unspecified atom stereocenters. The molecule has 0 aliphatic heterocycles. The molecule has 0 aromatic heterocycles. The second-order valence-corrected chi connectivity index (χ2v) is 7.15. The minimum atomic E-state index is -0.666. The molecule has 0 radical (unpaired) electrons. The van der Waals surface area contributed by atoms with Crippen LogP contribution in [-0.2, 0) is 9.53 Å². The van der Waals surface area contributed by atoms with E-state index in [4.69, 9.17) is 9.47 Å². The molecule has 1 aromatic carbocycles. The average Bonchev–Trinajstić information content (AvgIpc) is 2.55. The fourth-order valence-electron chi connectivity index (χ4n) is 2.87. The number of halogens is 2. The van der Waals surface area contributed by atoms with Gasteiger partial charge in [0.25, 0.3) is 5.91 Å². The summed E-state index contributed by atoms with van der Waals surface area (Å²) in [5.74, 6) is 0.450. The van der Waals surface area contributed by atoms with E-state index in [1.54, 1.807) is 6.92 Å². The lowest BCUT2D eigenvalue weighted by molar-refractivity contribution is -0.127. The number of hydrogen-bond donors (Lipinski definition) is 1. The average molecular weight is 402 g/mol. The quantitative estimate of drug-likeness (QED) is 0.700. The fraction of sp³-hybridized carbons (Fsp3) is 0.611. The van der Waals surface area contributed by atoms with Crippen molar-refractivity contribution in [2.24, 2.45) is 5.92 Å². The van der Waals surface area contributed by atoms with Crippen LogP contribution in [0.5, 0.6) is 5.75 Å². The molecule has 0 saturated heterocycles. The van der Waals surface area contributed by atoms with Crippen LogP contribution in [0.15, 0.2) is 22.7 Å². The van der Waals surface area contributed by atoms with Crippen LogP contribution < -0.4 is 10.1 Å². The fourth-order valence-corrected chi connectivity index (χ4v) is 3.32. The summed E-state index contributed by atoms with van der Waals surface area (Å²) in [4.78, 5) is 12.1. The minimum Gasteiger partial charge on any atom is -0.480 e. The van der Waals surface area contributed by atoms with Crippen molar-refractivity contribution in [3.05, 3.63) is 28.5 Å². The van der Waals surface area contributed by atoms with Gasteiger partial charge < -0.3 is 14.8 Å². The van der Waals surface area contributed by atoms with Gasteiger partial charge in [-0.2, -0.15) is 0 Å². The van der Waals surface area contributed by atoms with Gasteiger partial charge in [0.2, 0.25) is 0 Å². The Balaban J connectivity index is 1.69. The first-order valence-electron chi connectivity index (χ1n) is 8.48. The molecule has 0 bridgehead atoms. The highest BCUT2D eigenvalue weighted by Crippen LogP contribution is 2.27. The molecule has 2 rings (SSSR count). The molecule has 1 N–H and O–H groups in total. The molecule has 0 spiro atoms. The maximum absolute atomic E-state index is 13.1. The normalized spacial score (nSPS) is 22.0. The first-order chi connectivity index (χ1) is 11.5. The SMILES string of the molecule is CC(Oc1ccc(F)cc1Br)C(=O)NCCOC1CCCCC1C. The zero-order chi connectivity index (χ0) is 17.5. The zero-order valence-corrected chi connectivity index (χ0v) is 15.8. The molecule has 1 saturated carbocycles. The van der Waals surface area contributed by atoms with E-state index in [0.29, 0.717) is 35.4 Å². The first-order valence-corrected chi connectivity index (χ1v) is 9.27. The van der Waals surface area contributed by atoms with E-state index in [0.717, 1.165) is 6.42 Å². The number of amides is 1.